The second-order valence-electron chi connectivity index (χ2n) is 3.98. The van der Waals surface area contributed by atoms with Crippen LogP contribution >= 0.6 is 11.6 Å². The lowest BCUT2D eigenvalue weighted by Gasteiger charge is -2.12. The topological polar surface area (TPSA) is 63.1 Å². The highest BCUT2D eigenvalue weighted by atomic mass is 35.5. The minimum Gasteiger partial charge on any atom is -0.481 e. The van der Waals surface area contributed by atoms with Crippen molar-refractivity contribution in [3.05, 3.63) is 58.9 Å². The van der Waals surface area contributed by atoms with Crippen molar-refractivity contribution in [1.29, 1.82) is 0 Å². The summed E-state index contributed by atoms with van der Waals surface area (Å²) in [4.78, 5) is 18.9. The summed E-state index contributed by atoms with van der Waals surface area (Å²) in [5.74, 6) is -2.41. The molecule has 4 nitrogen and oxygen atoms in total. The van der Waals surface area contributed by atoms with E-state index < -0.39 is 17.7 Å². The number of halogens is 2. The van der Waals surface area contributed by atoms with E-state index in [0.29, 0.717) is 5.56 Å². The zero-order valence-electron chi connectivity index (χ0n) is 9.75. The van der Waals surface area contributed by atoms with E-state index in [1.54, 1.807) is 6.07 Å². The molecular formula is C13H10ClFN2O2. The Balaban J connectivity index is 2.32. The lowest BCUT2D eigenvalue weighted by molar-refractivity contribution is -0.138. The molecule has 1 unspecified atom stereocenters. The first-order valence-corrected chi connectivity index (χ1v) is 5.88. The molecule has 98 valence electrons. The van der Waals surface area contributed by atoms with E-state index in [1.165, 1.54) is 30.7 Å². The average molecular weight is 281 g/mol. The molecule has 0 aliphatic heterocycles. The lowest BCUT2D eigenvalue weighted by atomic mass is 9.96. The molecule has 0 aliphatic rings. The molecule has 2 rings (SSSR count). The Morgan fingerprint density at radius 1 is 1.47 bits per heavy atom. The van der Waals surface area contributed by atoms with Gasteiger partial charge in [0, 0.05) is 6.20 Å². The highest BCUT2D eigenvalue weighted by Gasteiger charge is 2.24. The minimum absolute atomic E-state index is 0.115. The number of aliphatic carboxylic acids is 1. The molecule has 0 bridgehead atoms. The first kappa shape index (κ1) is 13.4. The molecule has 0 spiro atoms. The molecule has 1 heterocycles. The normalized spacial score (nSPS) is 12.1. The second-order valence-corrected chi connectivity index (χ2v) is 4.39. The van der Waals surface area contributed by atoms with Crippen LogP contribution in [0, 0.1) is 5.82 Å². The molecule has 0 saturated heterocycles. The number of aromatic nitrogens is 2. The fourth-order valence-electron chi connectivity index (χ4n) is 1.78. The number of carboxylic acid groups (broad SMARTS) is 1. The van der Waals surface area contributed by atoms with E-state index >= 15 is 0 Å². The van der Waals surface area contributed by atoms with E-state index in [2.05, 4.69) is 9.97 Å². The Bertz CT molecular complexity index is 607. The average Bonchev–Trinajstić information content (AvgIpc) is 2.37. The molecule has 1 N–H and O–H groups in total. The van der Waals surface area contributed by atoms with Crippen LogP contribution in [0.15, 0.2) is 36.8 Å². The van der Waals surface area contributed by atoms with Crippen molar-refractivity contribution in [2.75, 3.05) is 0 Å². The number of rotatable bonds is 4. The van der Waals surface area contributed by atoms with Crippen LogP contribution in [0.25, 0.3) is 0 Å². The standard InChI is InChI=1S/C13H10ClFN2O2/c14-11-6-16-7-17-12(11)10(13(18)19)5-8-2-1-3-9(15)4-8/h1-4,6-7,10H,5H2,(H,18,19). The van der Waals surface area contributed by atoms with Gasteiger partial charge in [0.15, 0.2) is 0 Å². The number of nitrogens with zero attached hydrogens (tertiary/aromatic N) is 2. The summed E-state index contributed by atoms with van der Waals surface area (Å²) in [6, 6.07) is 5.79. The zero-order chi connectivity index (χ0) is 13.8. The van der Waals surface area contributed by atoms with E-state index in [0.717, 1.165) is 0 Å². The van der Waals surface area contributed by atoms with Crippen molar-refractivity contribution >= 4 is 17.6 Å². The molecule has 1 atom stereocenters. The molecule has 1 aromatic carbocycles. The molecule has 6 heteroatoms. The quantitative estimate of drug-likeness (QED) is 0.935. The third-order valence-electron chi connectivity index (χ3n) is 2.65. The van der Waals surface area contributed by atoms with Gasteiger partial charge in [0.25, 0.3) is 0 Å². The maximum Gasteiger partial charge on any atom is 0.312 e. The van der Waals surface area contributed by atoms with Crippen molar-refractivity contribution in [2.45, 2.75) is 12.3 Å². The van der Waals surface area contributed by atoms with Crippen molar-refractivity contribution < 1.29 is 14.3 Å². The van der Waals surface area contributed by atoms with Crippen LogP contribution in [0.3, 0.4) is 0 Å². The molecule has 19 heavy (non-hydrogen) atoms. The number of carboxylic acids is 1. The van der Waals surface area contributed by atoms with Crippen LogP contribution in [0.4, 0.5) is 4.39 Å². The molecule has 2 aromatic rings. The molecule has 0 amide bonds. The summed E-state index contributed by atoms with van der Waals surface area (Å²) in [5, 5.41) is 9.46. The Kier molecular flexibility index (Phi) is 4.06. The molecular weight excluding hydrogens is 271 g/mol. The summed E-state index contributed by atoms with van der Waals surface area (Å²) in [7, 11) is 0. The maximum atomic E-state index is 13.1. The monoisotopic (exact) mass is 280 g/mol. The van der Waals surface area contributed by atoms with Crippen LogP contribution in [-0.2, 0) is 11.2 Å². The van der Waals surface area contributed by atoms with Gasteiger partial charge in [-0.2, -0.15) is 0 Å². The fraction of sp³-hybridized carbons (Fsp3) is 0.154. The SMILES string of the molecule is O=C(O)C(Cc1cccc(F)c1)c1ncncc1Cl. The summed E-state index contributed by atoms with van der Waals surface area (Å²) in [5.41, 5.74) is 0.801. The summed E-state index contributed by atoms with van der Waals surface area (Å²) in [6.07, 6.45) is 2.69. The zero-order valence-corrected chi connectivity index (χ0v) is 10.5. The van der Waals surface area contributed by atoms with E-state index in [-0.39, 0.29) is 17.1 Å². The van der Waals surface area contributed by atoms with Gasteiger partial charge in [-0.1, -0.05) is 23.7 Å². The minimum atomic E-state index is -1.06. The molecule has 0 aliphatic carbocycles. The van der Waals surface area contributed by atoms with E-state index in [4.69, 9.17) is 11.6 Å². The van der Waals surface area contributed by atoms with Crippen LogP contribution in [-0.4, -0.2) is 21.0 Å². The van der Waals surface area contributed by atoms with Gasteiger partial charge in [0.05, 0.1) is 10.7 Å². The molecule has 1 aromatic heterocycles. The largest absolute Gasteiger partial charge is 0.481 e. The number of hydrogen-bond donors (Lipinski definition) is 1. The Morgan fingerprint density at radius 2 is 2.26 bits per heavy atom. The fourth-order valence-corrected chi connectivity index (χ4v) is 2.02. The van der Waals surface area contributed by atoms with Gasteiger partial charge in [0.1, 0.15) is 18.1 Å². The maximum absolute atomic E-state index is 13.1. The third kappa shape index (κ3) is 3.26. The lowest BCUT2D eigenvalue weighted by Crippen LogP contribution is -2.16. The van der Waals surface area contributed by atoms with Gasteiger partial charge in [0.2, 0.25) is 0 Å². The van der Waals surface area contributed by atoms with Gasteiger partial charge >= 0.3 is 5.97 Å². The highest BCUT2D eigenvalue weighted by molar-refractivity contribution is 6.31. The predicted octanol–water partition coefficient (Wildman–Crippen LogP) is 2.68. The summed E-state index contributed by atoms with van der Waals surface area (Å²) in [6.45, 7) is 0. The van der Waals surface area contributed by atoms with Gasteiger partial charge in [-0.3, -0.25) is 4.79 Å². The van der Waals surface area contributed by atoms with Gasteiger partial charge in [-0.05, 0) is 24.1 Å². The molecule has 0 fully saturated rings. The van der Waals surface area contributed by atoms with Gasteiger partial charge in [-0.15, -0.1) is 0 Å². The number of carbonyl (C=O) groups is 1. The van der Waals surface area contributed by atoms with Gasteiger partial charge < -0.3 is 5.11 Å². The third-order valence-corrected chi connectivity index (χ3v) is 2.94. The van der Waals surface area contributed by atoms with E-state index in [9.17, 15) is 14.3 Å². The van der Waals surface area contributed by atoms with Crippen molar-refractivity contribution in [2.24, 2.45) is 0 Å². The van der Waals surface area contributed by atoms with E-state index in [1.807, 2.05) is 0 Å². The second kappa shape index (κ2) is 5.75. The summed E-state index contributed by atoms with van der Waals surface area (Å²) < 4.78 is 13.1. The van der Waals surface area contributed by atoms with Crippen LogP contribution < -0.4 is 0 Å². The molecule has 0 radical (unpaired) electrons. The summed E-state index contributed by atoms with van der Waals surface area (Å²) >= 11 is 5.90. The Labute approximate surface area is 113 Å². The van der Waals surface area contributed by atoms with Crippen LogP contribution in [0.2, 0.25) is 5.02 Å². The first-order valence-electron chi connectivity index (χ1n) is 5.50. The Morgan fingerprint density at radius 3 is 2.89 bits per heavy atom. The van der Waals surface area contributed by atoms with Crippen molar-refractivity contribution in [3.63, 3.8) is 0 Å². The first-order chi connectivity index (χ1) is 9.08. The van der Waals surface area contributed by atoms with Crippen LogP contribution in [0.1, 0.15) is 17.2 Å². The van der Waals surface area contributed by atoms with Crippen molar-refractivity contribution in [1.82, 2.24) is 9.97 Å². The number of benzene rings is 1. The highest BCUT2D eigenvalue weighted by Crippen LogP contribution is 2.25. The van der Waals surface area contributed by atoms with Crippen LogP contribution in [0.5, 0.6) is 0 Å². The predicted molar refractivity (Wildman–Crippen MR) is 67.5 cm³/mol. The number of hydrogen-bond acceptors (Lipinski definition) is 3. The molecule has 0 saturated carbocycles. The smallest absolute Gasteiger partial charge is 0.312 e. The van der Waals surface area contributed by atoms with Gasteiger partial charge in [-0.25, -0.2) is 14.4 Å². The van der Waals surface area contributed by atoms with Crippen molar-refractivity contribution in [3.8, 4) is 0 Å². The Hall–Kier alpha value is -2.01.